The number of hydrogen-bond acceptors (Lipinski definition) is 3. The molecule has 1 fully saturated rings. The van der Waals surface area contributed by atoms with Crippen LogP contribution in [0.3, 0.4) is 0 Å². The SMILES string of the molecule is COc1ccc(C(C)CC(=O)N2CCCCC2C)c(OC)c1. The largest absolute Gasteiger partial charge is 0.497 e. The number of amides is 1. The molecule has 122 valence electrons. The number of carbonyl (C=O) groups excluding carboxylic acids is 1. The van der Waals surface area contributed by atoms with Gasteiger partial charge in [-0.15, -0.1) is 0 Å². The summed E-state index contributed by atoms with van der Waals surface area (Å²) in [5.41, 5.74) is 1.06. The van der Waals surface area contributed by atoms with Crippen LogP contribution in [-0.4, -0.2) is 37.6 Å². The number of rotatable bonds is 5. The summed E-state index contributed by atoms with van der Waals surface area (Å²) in [7, 11) is 3.29. The highest BCUT2D eigenvalue weighted by molar-refractivity contribution is 5.77. The minimum Gasteiger partial charge on any atom is -0.497 e. The molecule has 1 aromatic rings. The van der Waals surface area contributed by atoms with E-state index in [1.807, 2.05) is 23.1 Å². The van der Waals surface area contributed by atoms with Crippen molar-refractivity contribution in [1.29, 1.82) is 0 Å². The number of methoxy groups -OCH3 is 2. The van der Waals surface area contributed by atoms with Gasteiger partial charge in [-0.25, -0.2) is 0 Å². The molecule has 1 amide bonds. The van der Waals surface area contributed by atoms with Gasteiger partial charge in [0, 0.05) is 25.1 Å². The van der Waals surface area contributed by atoms with Gasteiger partial charge in [-0.3, -0.25) is 4.79 Å². The molecule has 2 rings (SSSR count). The predicted octanol–water partition coefficient (Wildman–Crippen LogP) is 3.60. The molecule has 2 unspecified atom stereocenters. The Morgan fingerprint density at radius 3 is 2.73 bits per heavy atom. The third-order valence-corrected chi connectivity index (χ3v) is 4.58. The van der Waals surface area contributed by atoms with Crippen LogP contribution in [0.1, 0.15) is 51.0 Å². The summed E-state index contributed by atoms with van der Waals surface area (Å²) < 4.78 is 10.7. The van der Waals surface area contributed by atoms with Crippen molar-refractivity contribution in [3.05, 3.63) is 23.8 Å². The fourth-order valence-electron chi connectivity index (χ4n) is 3.18. The van der Waals surface area contributed by atoms with Gasteiger partial charge in [0.05, 0.1) is 14.2 Å². The van der Waals surface area contributed by atoms with Crippen LogP contribution in [0.25, 0.3) is 0 Å². The van der Waals surface area contributed by atoms with Gasteiger partial charge in [-0.2, -0.15) is 0 Å². The highest BCUT2D eigenvalue weighted by atomic mass is 16.5. The molecule has 4 nitrogen and oxygen atoms in total. The van der Waals surface area contributed by atoms with Crippen molar-refractivity contribution in [2.24, 2.45) is 0 Å². The van der Waals surface area contributed by atoms with Gasteiger partial charge in [0.1, 0.15) is 11.5 Å². The minimum atomic E-state index is 0.127. The molecule has 22 heavy (non-hydrogen) atoms. The van der Waals surface area contributed by atoms with Crippen LogP contribution in [0.15, 0.2) is 18.2 Å². The second-order valence-electron chi connectivity index (χ2n) is 6.14. The van der Waals surface area contributed by atoms with E-state index in [-0.39, 0.29) is 11.8 Å². The minimum absolute atomic E-state index is 0.127. The molecule has 1 saturated heterocycles. The van der Waals surface area contributed by atoms with Crippen LogP contribution < -0.4 is 9.47 Å². The first kappa shape index (κ1) is 16.7. The maximum Gasteiger partial charge on any atom is 0.223 e. The molecular weight excluding hydrogens is 278 g/mol. The van der Waals surface area contributed by atoms with Gasteiger partial charge in [0.25, 0.3) is 0 Å². The summed E-state index contributed by atoms with van der Waals surface area (Å²) in [6.07, 6.45) is 3.99. The average molecular weight is 305 g/mol. The van der Waals surface area contributed by atoms with E-state index in [2.05, 4.69) is 13.8 Å². The Labute approximate surface area is 133 Å². The lowest BCUT2D eigenvalue weighted by molar-refractivity contribution is -0.134. The summed E-state index contributed by atoms with van der Waals surface area (Å²) in [6.45, 7) is 5.12. The standard InChI is InChI=1S/C18H27NO3/c1-13(11-18(20)19-10-6-5-7-14(19)2)16-9-8-15(21-3)12-17(16)22-4/h8-9,12-14H,5-7,10-11H2,1-4H3. The van der Waals surface area contributed by atoms with Crippen molar-refractivity contribution in [2.75, 3.05) is 20.8 Å². The van der Waals surface area contributed by atoms with Crippen LogP contribution in [0.5, 0.6) is 11.5 Å². The van der Waals surface area contributed by atoms with E-state index in [9.17, 15) is 4.79 Å². The summed E-state index contributed by atoms with van der Waals surface area (Å²) in [5, 5.41) is 0. The topological polar surface area (TPSA) is 38.8 Å². The van der Waals surface area contributed by atoms with Gasteiger partial charge in [0.15, 0.2) is 0 Å². The number of carbonyl (C=O) groups is 1. The molecule has 0 aliphatic carbocycles. The van der Waals surface area contributed by atoms with E-state index in [4.69, 9.17) is 9.47 Å². The lowest BCUT2D eigenvalue weighted by Gasteiger charge is -2.34. The molecule has 0 radical (unpaired) electrons. The molecule has 0 saturated carbocycles. The van der Waals surface area contributed by atoms with E-state index in [0.29, 0.717) is 12.5 Å². The molecule has 1 aromatic carbocycles. The number of piperidine rings is 1. The first-order valence-electron chi connectivity index (χ1n) is 8.08. The molecular formula is C18H27NO3. The number of ether oxygens (including phenoxy) is 2. The van der Waals surface area contributed by atoms with Gasteiger partial charge in [0.2, 0.25) is 5.91 Å². The van der Waals surface area contributed by atoms with E-state index < -0.39 is 0 Å². The first-order chi connectivity index (χ1) is 10.6. The predicted molar refractivity (Wildman–Crippen MR) is 87.6 cm³/mol. The number of hydrogen-bond donors (Lipinski definition) is 0. The highest BCUT2D eigenvalue weighted by Crippen LogP contribution is 2.33. The third kappa shape index (κ3) is 3.73. The van der Waals surface area contributed by atoms with E-state index in [1.165, 1.54) is 6.42 Å². The van der Waals surface area contributed by atoms with Gasteiger partial charge in [-0.1, -0.05) is 13.0 Å². The van der Waals surface area contributed by atoms with Crippen LogP contribution >= 0.6 is 0 Å². The molecule has 0 bridgehead atoms. The van der Waals surface area contributed by atoms with Crippen molar-refractivity contribution in [2.45, 2.75) is 51.5 Å². The zero-order chi connectivity index (χ0) is 16.1. The summed E-state index contributed by atoms with van der Waals surface area (Å²) >= 11 is 0. The summed E-state index contributed by atoms with van der Waals surface area (Å²) in [6, 6.07) is 6.16. The van der Waals surface area contributed by atoms with E-state index in [1.54, 1.807) is 14.2 Å². The maximum atomic E-state index is 12.6. The first-order valence-corrected chi connectivity index (χ1v) is 8.08. The average Bonchev–Trinajstić information content (AvgIpc) is 2.54. The maximum absolute atomic E-state index is 12.6. The van der Waals surface area contributed by atoms with Crippen molar-refractivity contribution < 1.29 is 14.3 Å². The summed E-state index contributed by atoms with van der Waals surface area (Å²) in [4.78, 5) is 14.6. The normalized spacial score (nSPS) is 19.6. The monoisotopic (exact) mass is 305 g/mol. The summed E-state index contributed by atoms with van der Waals surface area (Å²) in [5.74, 6) is 1.93. The fourth-order valence-corrected chi connectivity index (χ4v) is 3.18. The lowest BCUT2D eigenvalue weighted by Crippen LogP contribution is -2.42. The number of nitrogens with zero attached hydrogens (tertiary/aromatic N) is 1. The molecule has 2 atom stereocenters. The Bertz CT molecular complexity index is 515. The van der Waals surface area contributed by atoms with Gasteiger partial charge in [-0.05, 0) is 43.7 Å². The second-order valence-corrected chi connectivity index (χ2v) is 6.14. The van der Waals surface area contributed by atoms with Crippen LogP contribution in [-0.2, 0) is 4.79 Å². The Hall–Kier alpha value is -1.71. The zero-order valence-corrected chi connectivity index (χ0v) is 14.1. The molecule has 1 aliphatic heterocycles. The fraction of sp³-hybridized carbons (Fsp3) is 0.611. The van der Waals surface area contributed by atoms with Crippen molar-refractivity contribution in [3.8, 4) is 11.5 Å². The number of likely N-dealkylation sites (tertiary alicyclic amines) is 1. The molecule has 0 aromatic heterocycles. The van der Waals surface area contributed by atoms with Gasteiger partial charge < -0.3 is 14.4 Å². The molecule has 1 aliphatic rings. The van der Waals surface area contributed by atoms with Crippen LogP contribution in [0.4, 0.5) is 0 Å². The Balaban J connectivity index is 2.08. The van der Waals surface area contributed by atoms with E-state index in [0.717, 1.165) is 36.4 Å². The third-order valence-electron chi connectivity index (χ3n) is 4.58. The van der Waals surface area contributed by atoms with Crippen molar-refractivity contribution in [1.82, 2.24) is 4.90 Å². The Morgan fingerprint density at radius 2 is 2.09 bits per heavy atom. The van der Waals surface area contributed by atoms with E-state index >= 15 is 0 Å². The lowest BCUT2D eigenvalue weighted by atomic mass is 9.94. The second kappa shape index (κ2) is 7.52. The zero-order valence-electron chi connectivity index (χ0n) is 14.1. The van der Waals surface area contributed by atoms with Crippen molar-refractivity contribution >= 4 is 5.91 Å². The molecule has 0 spiro atoms. The molecule has 1 heterocycles. The molecule has 0 N–H and O–H groups in total. The smallest absolute Gasteiger partial charge is 0.223 e. The van der Waals surface area contributed by atoms with Gasteiger partial charge >= 0.3 is 0 Å². The van der Waals surface area contributed by atoms with Crippen LogP contribution in [0.2, 0.25) is 0 Å². The Morgan fingerprint density at radius 1 is 1.32 bits per heavy atom. The number of benzene rings is 1. The highest BCUT2D eigenvalue weighted by Gasteiger charge is 2.25. The Kier molecular flexibility index (Phi) is 5.69. The van der Waals surface area contributed by atoms with Crippen LogP contribution in [0, 0.1) is 0 Å². The molecule has 4 heteroatoms. The quantitative estimate of drug-likeness (QED) is 0.834. The van der Waals surface area contributed by atoms with Crippen molar-refractivity contribution in [3.63, 3.8) is 0 Å².